The molecule has 0 aromatic carbocycles. The van der Waals surface area contributed by atoms with Gasteiger partial charge in [-0.1, -0.05) is 47.6 Å². The molecule has 0 aromatic heterocycles. The quantitative estimate of drug-likeness (QED) is 0.592. The summed E-state index contributed by atoms with van der Waals surface area (Å²) in [6.07, 6.45) is 2.39. The summed E-state index contributed by atoms with van der Waals surface area (Å²) in [6.45, 7) is 17.1. The van der Waals surface area contributed by atoms with Crippen LogP contribution in [0.25, 0.3) is 0 Å². The van der Waals surface area contributed by atoms with E-state index < -0.39 is 0 Å². The summed E-state index contributed by atoms with van der Waals surface area (Å²) in [4.78, 5) is 2.41. The second-order valence-electron chi connectivity index (χ2n) is 7.06. The predicted molar refractivity (Wildman–Crippen MR) is 72.3 cm³/mol. The third kappa shape index (κ3) is 2.69. The molecule has 1 nitrogen and oxygen atoms in total. The van der Waals surface area contributed by atoms with E-state index in [1.807, 2.05) is 0 Å². The van der Waals surface area contributed by atoms with Crippen LogP contribution < -0.4 is 0 Å². The van der Waals surface area contributed by atoms with Crippen molar-refractivity contribution >= 4 is 0 Å². The van der Waals surface area contributed by atoms with Crippen LogP contribution in [0.2, 0.25) is 0 Å². The van der Waals surface area contributed by atoms with Gasteiger partial charge in [0.25, 0.3) is 0 Å². The maximum absolute atomic E-state index is 2.41. The highest BCUT2D eigenvalue weighted by Crippen LogP contribution is 2.38. The van der Waals surface area contributed by atoms with Gasteiger partial charge < -0.3 is 4.90 Å². The molecule has 0 unspecified atom stereocenters. The standard InChI is InChI=1S/C15H27N/c1-11-9-12(14(2,3)4)10-16(8)13(11)15(5,6)7/h9H,10H2,1-8H3. The molecule has 1 heterocycles. The molecule has 1 aliphatic heterocycles. The number of nitrogens with zero attached hydrogens (tertiary/aromatic N) is 1. The lowest BCUT2D eigenvalue weighted by Gasteiger charge is -2.40. The van der Waals surface area contributed by atoms with E-state index in [9.17, 15) is 0 Å². The van der Waals surface area contributed by atoms with E-state index in [0.717, 1.165) is 6.54 Å². The highest BCUT2D eigenvalue weighted by molar-refractivity contribution is 5.36. The molecule has 1 heteroatoms. The van der Waals surface area contributed by atoms with Gasteiger partial charge in [-0.3, -0.25) is 0 Å². The van der Waals surface area contributed by atoms with Gasteiger partial charge >= 0.3 is 0 Å². The van der Waals surface area contributed by atoms with Gasteiger partial charge in [0.05, 0.1) is 0 Å². The fourth-order valence-electron chi connectivity index (χ4n) is 2.63. The van der Waals surface area contributed by atoms with Crippen LogP contribution in [-0.2, 0) is 0 Å². The largest absolute Gasteiger partial charge is 0.373 e. The van der Waals surface area contributed by atoms with Crippen molar-refractivity contribution in [3.8, 4) is 0 Å². The maximum Gasteiger partial charge on any atom is 0.0391 e. The maximum atomic E-state index is 2.41. The highest BCUT2D eigenvalue weighted by Gasteiger charge is 2.29. The van der Waals surface area contributed by atoms with Gasteiger partial charge in [-0.2, -0.15) is 0 Å². The van der Waals surface area contributed by atoms with E-state index in [1.54, 1.807) is 0 Å². The molecule has 0 amide bonds. The van der Waals surface area contributed by atoms with Gasteiger partial charge in [-0.25, -0.2) is 0 Å². The fraction of sp³-hybridized carbons (Fsp3) is 0.733. The van der Waals surface area contributed by atoms with Gasteiger partial charge in [-0.05, 0) is 23.5 Å². The number of rotatable bonds is 0. The van der Waals surface area contributed by atoms with Crippen molar-refractivity contribution in [2.24, 2.45) is 10.8 Å². The van der Waals surface area contributed by atoms with Crippen LogP contribution >= 0.6 is 0 Å². The van der Waals surface area contributed by atoms with Crippen LogP contribution in [0.15, 0.2) is 22.9 Å². The van der Waals surface area contributed by atoms with Crippen molar-refractivity contribution in [2.75, 3.05) is 13.6 Å². The van der Waals surface area contributed by atoms with Crippen molar-refractivity contribution in [3.05, 3.63) is 22.9 Å². The Morgan fingerprint density at radius 1 is 1.00 bits per heavy atom. The molecular weight excluding hydrogens is 194 g/mol. The van der Waals surface area contributed by atoms with E-state index in [0.29, 0.717) is 0 Å². The minimum absolute atomic E-state index is 0.235. The molecule has 0 fully saturated rings. The molecule has 0 saturated carbocycles. The summed E-state index contributed by atoms with van der Waals surface area (Å²) in [5.74, 6) is 0. The van der Waals surface area contributed by atoms with Crippen molar-refractivity contribution in [1.82, 2.24) is 4.90 Å². The second kappa shape index (κ2) is 3.94. The Balaban J connectivity index is 3.19. The van der Waals surface area contributed by atoms with Crippen LogP contribution in [0, 0.1) is 10.8 Å². The molecule has 0 N–H and O–H groups in total. The number of likely N-dealkylation sites (N-methyl/N-ethyl adjacent to an activating group) is 1. The zero-order chi connectivity index (χ0) is 12.7. The summed E-state index contributed by atoms with van der Waals surface area (Å²) in [5, 5.41) is 0. The van der Waals surface area contributed by atoms with Crippen LogP contribution in [0.5, 0.6) is 0 Å². The van der Waals surface area contributed by atoms with E-state index in [2.05, 4.69) is 66.5 Å². The zero-order valence-electron chi connectivity index (χ0n) is 12.2. The Hall–Kier alpha value is -0.720. The molecule has 0 bridgehead atoms. The molecule has 16 heavy (non-hydrogen) atoms. The molecule has 0 atom stereocenters. The Bertz CT molecular complexity index is 331. The average molecular weight is 221 g/mol. The first-order valence-electron chi connectivity index (χ1n) is 6.17. The molecule has 0 radical (unpaired) electrons. The molecule has 1 rings (SSSR count). The summed E-state index contributed by atoms with van der Waals surface area (Å²) in [6, 6.07) is 0. The van der Waals surface area contributed by atoms with Gasteiger partial charge in [-0.15, -0.1) is 0 Å². The normalized spacial score (nSPS) is 19.0. The third-order valence-corrected chi connectivity index (χ3v) is 3.23. The minimum atomic E-state index is 0.235. The zero-order valence-corrected chi connectivity index (χ0v) is 12.2. The van der Waals surface area contributed by atoms with Crippen molar-refractivity contribution in [3.63, 3.8) is 0 Å². The molecule has 0 aliphatic carbocycles. The lowest BCUT2D eigenvalue weighted by atomic mass is 9.79. The summed E-state index contributed by atoms with van der Waals surface area (Å²) in [5.41, 5.74) is 4.93. The van der Waals surface area contributed by atoms with Gasteiger partial charge in [0.1, 0.15) is 0 Å². The fourth-order valence-corrected chi connectivity index (χ4v) is 2.63. The Labute approximate surface area is 101 Å². The molecule has 92 valence electrons. The highest BCUT2D eigenvalue weighted by atomic mass is 15.1. The molecule has 0 spiro atoms. The summed E-state index contributed by atoms with van der Waals surface area (Å²) >= 11 is 0. The predicted octanol–water partition coefficient (Wildman–Crippen LogP) is 4.22. The molecular formula is C15H27N. The smallest absolute Gasteiger partial charge is 0.0391 e. The van der Waals surface area contributed by atoms with Crippen LogP contribution in [0.3, 0.4) is 0 Å². The molecule has 0 aromatic rings. The van der Waals surface area contributed by atoms with Gasteiger partial charge in [0, 0.05) is 24.7 Å². The molecule has 0 saturated heterocycles. The van der Waals surface area contributed by atoms with E-state index in [1.165, 1.54) is 16.8 Å². The van der Waals surface area contributed by atoms with Gasteiger partial charge in [0.15, 0.2) is 0 Å². The SMILES string of the molecule is CC1=C(C(C)(C)C)N(C)CC(C(C)(C)C)=C1. The number of hydrogen-bond acceptors (Lipinski definition) is 1. The molecule has 1 aliphatic rings. The lowest BCUT2D eigenvalue weighted by Crippen LogP contribution is -2.34. The van der Waals surface area contributed by atoms with Crippen LogP contribution in [-0.4, -0.2) is 18.5 Å². The van der Waals surface area contributed by atoms with E-state index in [-0.39, 0.29) is 10.8 Å². The van der Waals surface area contributed by atoms with Crippen LogP contribution in [0.4, 0.5) is 0 Å². The van der Waals surface area contributed by atoms with E-state index >= 15 is 0 Å². The minimum Gasteiger partial charge on any atom is -0.373 e. The first kappa shape index (κ1) is 13.3. The van der Waals surface area contributed by atoms with E-state index in [4.69, 9.17) is 0 Å². The second-order valence-corrected chi connectivity index (χ2v) is 7.06. The van der Waals surface area contributed by atoms with Crippen molar-refractivity contribution in [2.45, 2.75) is 48.5 Å². The van der Waals surface area contributed by atoms with Crippen molar-refractivity contribution in [1.29, 1.82) is 0 Å². The Morgan fingerprint density at radius 3 is 1.81 bits per heavy atom. The summed E-state index contributed by atoms with van der Waals surface area (Å²) < 4.78 is 0. The number of hydrogen-bond donors (Lipinski definition) is 0. The Morgan fingerprint density at radius 2 is 1.50 bits per heavy atom. The van der Waals surface area contributed by atoms with Crippen molar-refractivity contribution < 1.29 is 0 Å². The first-order chi connectivity index (χ1) is 7.03. The lowest BCUT2D eigenvalue weighted by molar-refractivity contribution is 0.298. The third-order valence-electron chi connectivity index (χ3n) is 3.23. The van der Waals surface area contributed by atoms with Crippen LogP contribution in [0.1, 0.15) is 48.5 Å². The topological polar surface area (TPSA) is 3.24 Å². The number of allylic oxidation sites excluding steroid dienone is 3. The average Bonchev–Trinajstić information content (AvgIpc) is 1.97. The van der Waals surface area contributed by atoms with Gasteiger partial charge in [0.2, 0.25) is 0 Å². The monoisotopic (exact) mass is 221 g/mol. The first-order valence-corrected chi connectivity index (χ1v) is 6.17. The Kier molecular flexibility index (Phi) is 3.29. The summed E-state index contributed by atoms with van der Waals surface area (Å²) in [7, 11) is 2.21.